The van der Waals surface area contributed by atoms with E-state index in [1.807, 2.05) is 6.07 Å². The summed E-state index contributed by atoms with van der Waals surface area (Å²) in [6.07, 6.45) is 1.51. The fraction of sp³-hybridized carbons (Fsp3) is 0. The first kappa shape index (κ1) is 12.1. The Morgan fingerprint density at radius 3 is 2.89 bits per heavy atom. The molecule has 1 amide bonds. The highest BCUT2D eigenvalue weighted by molar-refractivity contribution is 6.33. The lowest BCUT2D eigenvalue weighted by Gasteiger charge is -2.06. The molecule has 0 atom stereocenters. The van der Waals surface area contributed by atoms with Gasteiger partial charge in [0.25, 0.3) is 5.91 Å². The summed E-state index contributed by atoms with van der Waals surface area (Å²) < 4.78 is 0. The minimum atomic E-state index is -0.358. The van der Waals surface area contributed by atoms with E-state index >= 15 is 0 Å². The van der Waals surface area contributed by atoms with Gasteiger partial charge in [-0.25, -0.2) is 4.98 Å². The van der Waals surface area contributed by atoms with Crippen molar-refractivity contribution in [3.63, 3.8) is 0 Å². The zero-order chi connectivity index (χ0) is 13.0. The summed E-state index contributed by atoms with van der Waals surface area (Å²) in [7, 11) is 0. The van der Waals surface area contributed by atoms with Crippen molar-refractivity contribution in [2.24, 2.45) is 0 Å². The van der Waals surface area contributed by atoms with Crippen molar-refractivity contribution < 1.29 is 4.79 Å². The lowest BCUT2D eigenvalue weighted by Crippen LogP contribution is -2.12. The SMILES string of the molecule is N#Cc1cccc(NC(=O)c2cccnc2Cl)c1. The Balaban J connectivity index is 2.22. The normalized spacial score (nSPS) is 9.56. The molecule has 1 N–H and O–H groups in total. The third-order valence-corrected chi connectivity index (χ3v) is 2.55. The van der Waals surface area contributed by atoms with Crippen LogP contribution >= 0.6 is 11.6 Å². The molecule has 88 valence electrons. The van der Waals surface area contributed by atoms with Crippen LogP contribution in [0.15, 0.2) is 42.6 Å². The number of benzene rings is 1. The molecule has 0 saturated carbocycles. The maximum Gasteiger partial charge on any atom is 0.258 e. The smallest absolute Gasteiger partial charge is 0.258 e. The second-order valence-corrected chi connectivity index (χ2v) is 3.85. The van der Waals surface area contributed by atoms with Crippen molar-refractivity contribution in [3.8, 4) is 6.07 Å². The number of nitriles is 1. The number of halogens is 1. The van der Waals surface area contributed by atoms with Crippen LogP contribution in [0.4, 0.5) is 5.69 Å². The Morgan fingerprint density at radius 1 is 1.33 bits per heavy atom. The number of rotatable bonds is 2. The summed E-state index contributed by atoms with van der Waals surface area (Å²) in [5.74, 6) is -0.358. The number of hydrogen-bond acceptors (Lipinski definition) is 3. The van der Waals surface area contributed by atoms with Gasteiger partial charge in [0, 0.05) is 11.9 Å². The molecular formula is C13H8ClN3O. The van der Waals surface area contributed by atoms with Gasteiger partial charge in [-0.05, 0) is 30.3 Å². The molecule has 1 aromatic heterocycles. The number of nitrogens with zero attached hydrogens (tertiary/aromatic N) is 2. The monoisotopic (exact) mass is 257 g/mol. The quantitative estimate of drug-likeness (QED) is 0.842. The number of anilines is 1. The molecule has 0 aliphatic rings. The van der Waals surface area contributed by atoms with Gasteiger partial charge < -0.3 is 5.32 Å². The predicted octanol–water partition coefficient (Wildman–Crippen LogP) is 2.86. The number of carbonyl (C=O) groups excluding carboxylic acids is 1. The van der Waals surface area contributed by atoms with Crippen LogP contribution in [0.3, 0.4) is 0 Å². The molecule has 0 radical (unpaired) electrons. The second kappa shape index (κ2) is 5.30. The van der Waals surface area contributed by atoms with E-state index in [0.29, 0.717) is 16.8 Å². The fourth-order valence-electron chi connectivity index (χ4n) is 1.42. The third kappa shape index (κ3) is 2.65. The number of aromatic nitrogens is 1. The van der Waals surface area contributed by atoms with E-state index < -0.39 is 0 Å². The Kier molecular flexibility index (Phi) is 3.56. The Bertz CT molecular complexity index is 634. The van der Waals surface area contributed by atoms with Gasteiger partial charge in [-0.3, -0.25) is 4.79 Å². The van der Waals surface area contributed by atoms with Crippen molar-refractivity contribution in [3.05, 3.63) is 58.9 Å². The molecule has 5 heteroatoms. The standard InChI is InChI=1S/C13H8ClN3O/c14-12-11(5-2-6-16-12)13(18)17-10-4-1-3-9(7-10)8-15/h1-7H,(H,17,18). The van der Waals surface area contributed by atoms with Crippen molar-refractivity contribution in [2.45, 2.75) is 0 Å². The zero-order valence-corrected chi connectivity index (χ0v) is 9.98. The van der Waals surface area contributed by atoms with Crippen molar-refractivity contribution in [1.29, 1.82) is 5.26 Å². The maximum absolute atomic E-state index is 11.9. The molecule has 18 heavy (non-hydrogen) atoms. The average Bonchev–Trinajstić information content (AvgIpc) is 2.39. The Hall–Kier alpha value is -2.38. The largest absolute Gasteiger partial charge is 0.322 e. The highest BCUT2D eigenvalue weighted by atomic mass is 35.5. The first-order valence-electron chi connectivity index (χ1n) is 5.13. The van der Waals surface area contributed by atoms with Crippen molar-refractivity contribution in [1.82, 2.24) is 4.98 Å². The lowest BCUT2D eigenvalue weighted by atomic mass is 10.2. The summed E-state index contributed by atoms with van der Waals surface area (Å²) in [6.45, 7) is 0. The molecular weight excluding hydrogens is 250 g/mol. The van der Waals surface area contributed by atoms with Gasteiger partial charge in [0.15, 0.2) is 0 Å². The molecule has 0 aliphatic carbocycles. The van der Waals surface area contributed by atoms with Gasteiger partial charge in [0.2, 0.25) is 0 Å². The Labute approximate surface area is 109 Å². The van der Waals surface area contributed by atoms with E-state index in [1.165, 1.54) is 6.20 Å². The van der Waals surface area contributed by atoms with Gasteiger partial charge in [-0.2, -0.15) is 5.26 Å². The number of amides is 1. The molecule has 0 fully saturated rings. The van der Waals surface area contributed by atoms with E-state index in [-0.39, 0.29) is 11.1 Å². The highest BCUT2D eigenvalue weighted by Crippen LogP contribution is 2.15. The lowest BCUT2D eigenvalue weighted by molar-refractivity contribution is 0.102. The molecule has 4 nitrogen and oxygen atoms in total. The predicted molar refractivity (Wildman–Crippen MR) is 68.4 cm³/mol. The van der Waals surface area contributed by atoms with E-state index in [1.54, 1.807) is 36.4 Å². The summed E-state index contributed by atoms with van der Waals surface area (Å²) in [5.41, 5.74) is 1.31. The number of nitrogens with one attached hydrogen (secondary N) is 1. The fourth-order valence-corrected chi connectivity index (χ4v) is 1.63. The molecule has 0 bridgehead atoms. The van der Waals surface area contributed by atoms with E-state index in [9.17, 15) is 4.79 Å². The summed E-state index contributed by atoms with van der Waals surface area (Å²) in [6, 6.07) is 11.9. The topological polar surface area (TPSA) is 65.8 Å². The van der Waals surface area contributed by atoms with Gasteiger partial charge in [0.05, 0.1) is 17.2 Å². The first-order chi connectivity index (χ1) is 8.70. The van der Waals surface area contributed by atoms with Gasteiger partial charge >= 0.3 is 0 Å². The minimum absolute atomic E-state index is 0.145. The van der Waals surface area contributed by atoms with Crippen molar-refractivity contribution in [2.75, 3.05) is 5.32 Å². The molecule has 0 unspecified atom stereocenters. The van der Waals surface area contributed by atoms with Crippen LogP contribution in [0.1, 0.15) is 15.9 Å². The van der Waals surface area contributed by atoms with Gasteiger partial charge in [0.1, 0.15) is 5.15 Å². The van der Waals surface area contributed by atoms with Crippen LogP contribution in [-0.4, -0.2) is 10.9 Å². The number of pyridine rings is 1. The summed E-state index contributed by atoms with van der Waals surface area (Å²) >= 11 is 5.82. The first-order valence-corrected chi connectivity index (χ1v) is 5.50. The third-order valence-electron chi connectivity index (χ3n) is 2.25. The minimum Gasteiger partial charge on any atom is -0.322 e. The van der Waals surface area contributed by atoms with Crippen LogP contribution in [0.25, 0.3) is 0 Å². The number of carbonyl (C=O) groups is 1. The molecule has 1 aromatic carbocycles. The highest BCUT2D eigenvalue weighted by Gasteiger charge is 2.10. The van der Waals surface area contributed by atoms with Crippen LogP contribution in [-0.2, 0) is 0 Å². The zero-order valence-electron chi connectivity index (χ0n) is 9.22. The maximum atomic E-state index is 11.9. The molecule has 0 spiro atoms. The van der Waals surface area contributed by atoms with Crippen molar-refractivity contribution >= 4 is 23.2 Å². The van der Waals surface area contributed by atoms with E-state index in [2.05, 4.69) is 10.3 Å². The molecule has 0 saturated heterocycles. The van der Waals surface area contributed by atoms with Crippen LogP contribution in [0.2, 0.25) is 5.15 Å². The van der Waals surface area contributed by atoms with Gasteiger partial charge in [-0.1, -0.05) is 17.7 Å². The number of hydrogen-bond donors (Lipinski definition) is 1. The van der Waals surface area contributed by atoms with Crippen LogP contribution in [0, 0.1) is 11.3 Å². The molecule has 2 rings (SSSR count). The van der Waals surface area contributed by atoms with E-state index in [4.69, 9.17) is 16.9 Å². The molecule has 0 aliphatic heterocycles. The van der Waals surface area contributed by atoms with Gasteiger partial charge in [-0.15, -0.1) is 0 Å². The Morgan fingerprint density at radius 2 is 2.17 bits per heavy atom. The second-order valence-electron chi connectivity index (χ2n) is 3.49. The van der Waals surface area contributed by atoms with E-state index in [0.717, 1.165) is 0 Å². The summed E-state index contributed by atoms with van der Waals surface area (Å²) in [4.78, 5) is 15.7. The average molecular weight is 258 g/mol. The van der Waals surface area contributed by atoms with Crippen LogP contribution in [0.5, 0.6) is 0 Å². The molecule has 2 aromatic rings. The van der Waals surface area contributed by atoms with Crippen LogP contribution < -0.4 is 5.32 Å². The molecule has 1 heterocycles. The summed E-state index contributed by atoms with van der Waals surface area (Å²) in [5, 5.41) is 11.6.